The van der Waals surface area contributed by atoms with Gasteiger partial charge >= 0.3 is 0 Å². The number of imidazole rings is 1. The number of anilines is 1. The highest BCUT2D eigenvalue weighted by Crippen LogP contribution is 2.24. The molecule has 6 nitrogen and oxygen atoms in total. The zero-order chi connectivity index (χ0) is 25.7. The summed E-state index contributed by atoms with van der Waals surface area (Å²) < 4.78 is 2.16. The molecule has 2 aromatic carbocycles. The Morgan fingerprint density at radius 2 is 1.61 bits per heavy atom. The third-order valence-electron chi connectivity index (χ3n) is 7.45. The molecule has 6 heteroatoms. The van der Waals surface area contributed by atoms with Crippen molar-refractivity contribution in [3.05, 3.63) is 76.4 Å². The number of para-hydroxylation sites is 1. The van der Waals surface area contributed by atoms with Gasteiger partial charge in [-0.15, -0.1) is 0 Å². The van der Waals surface area contributed by atoms with E-state index in [4.69, 9.17) is 4.98 Å². The monoisotopic (exact) mass is 487 g/mol. The van der Waals surface area contributed by atoms with Crippen LogP contribution in [0.25, 0.3) is 5.69 Å². The molecular weight excluding hydrogens is 446 g/mol. The number of carbonyl (C=O) groups is 1. The van der Waals surface area contributed by atoms with E-state index in [0.717, 1.165) is 69.2 Å². The third-order valence-corrected chi connectivity index (χ3v) is 7.45. The molecule has 3 aromatic rings. The molecule has 1 N–H and O–H groups in total. The largest absolute Gasteiger partial charge is 0.369 e. The second kappa shape index (κ2) is 11.7. The van der Waals surface area contributed by atoms with Gasteiger partial charge in [0.2, 0.25) is 0 Å². The van der Waals surface area contributed by atoms with E-state index in [2.05, 4.69) is 77.7 Å². The number of hydrogen-bond donors (Lipinski definition) is 1. The minimum absolute atomic E-state index is 0.0723. The Kier molecular flexibility index (Phi) is 8.47. The highest BCUT2D eigenvalue weighted by molar-refractivity contribution is 5.93. The fourth-order valence-electron chi connectivity index (χ4n) is 5.18. The van der Waals surface area contributed by atoms with Crippen molar-refractivity contribution in [1.82, 2.24) is 19.8 Å². The second-order valence-electron chi connectivity index (χ2n) is 9.99. The fourth-order valence-corrected chi connectivity index (χ4v) is 5.18. The van der Waals surface area contributed by atoms with Crippen LogP contribution >= 0.6 is 0 Å². The van der Waals surface area contributed by atoms with Gasteiger partial charge in [0.05, 0.1) is 5.69 Å². The van der Waals surface area contributed by atoms with Gasteiger partial charge in [0.25, 0.3) is 5.91 Å². The molecule has 192 valence electrons. The number of benzene rings is 2. The van der Waals surface area contributed by atoms with E-state index in [1.54, 1.807) is 0 Å². The van der Waals surface area contributed by atoms with E-state index >= 15 is 0 Å². The van der Waals surface area contributed by atoms with E-state index in [1.807, 2.05) is 19.1 Å². The number of aryl methyl sites for hydroxylation is 3. The van der Waals surface area contributed by atoms with E-state index in [0.29, 0.717) is 12.2 Å². The quantitative estimate of drug-likeness (QED) is 0.432. The average Bonchev–Trinajstić information content (AvgIpc) is 3.20. The van der Waals surface area contributed by atoms with Gasteiger partial charge in [0, 0.05) is 50.5 Å². The summed E-state index contributed by atoms with van der Waals surface area (Å²) in [6, 6.07) is 14.9. The highest BCUT2D eigenvalue weighted by atomic mass is 16.1. The van der Waals surface area contributed by atoms with E-state index in [9.17, 15) is 4.79 Å². The van der Waals surface area contributed by atoms with Gasteiger partial charge in [0.1, 0.15) is 11.5 Å². The average molecular weight is 488 g/mol. The number of amides is 1. The maximum atomic E-state index is 13.1. The Morgan fingerprint density at radius 1 is 0.917 bits per heavy atom. The van der Waals surface area contributed by atoms with Crippen molar-refractivity contribution >= 4 is 11.6 Å². The Balaban J connectivity index is 1.30. The minimum atomic E-state index is -0.0723. The Morgan fingerprint density at radius 3 is 2.33 bits per heavy atom. The number of aromatic nitrogens is 2. The third kappa shape index (κ3) is 5.65. The van der Waals surface area contributed by atoms with E-state index < -0.39 is 0 Å². The van der Waals surface area contributed by atoms with Gasteiger partial charge in [-0.25, -0.2) is 4.98 Å². The van der Waals surface area contributed by atoms with E-state index in [1.165, 1.54) is 22.4 Å². The van der Waals surface area contributed by atoms with E-state index in [-0.39, 0.29) is 5.91 Å². The zero-order valence-corrected chi connectivity index (χ0v) is 22.6. The molecule has 0 aliphatic carbocycles. The van der Waals surface area contributed by atoms with Crippen molar-refractivity contribution in [3.63, 3.8) is 0 Å². The van der Waals surface area contributed by atoms with Crippen LogP contribution in [0.5, 0.6) is 0 Å². The molecule has 2 heterocycles. The van der Waals surface area contributed by atoms with Crippen LogP contribution in [0, 0.1) is 27.7 Å². The molecule has 0 spiro atoms. The second-order valence-corrected chi connectivity index (χ2v) is 9.99. The number of nitrogens with zero attached hydrogens (tertiary/aromatic N) is 4. The van der Waals surface area contributed by atoms with Crippen LogP contribution < -0.4 is 10.2 Å². The normalized spacial score (nSPS) is 14.3. The molecule has 0 radical (unpaired) electrons. The van der Waals surface area contributed by atoms with Crippen LogP contribution in [0.2, 0.25) is 0 Å². The van der Waals surface area contributed by atoms with Crippen LogP contribution in [0.1, 0.15) is 58.5 Å². The molecule has 0 unspecified atom stereocenters. The summed E-state index contributed by atoms with van der Waals surface area (Å²) in [5.41, 5.74) is 7.84. The van der Waals surface area contributed by atoms with Crippen molar-refractivity contribution in [2.45, 2.75) is 53.9 Å². The summed E-state index contributed by atoms with van der Waals surface area (Å²) in [5.74, 6) is 0.882. The first-order valence-electron chi connectivity index (χ1n) is 13.4. The van der Waals surface area contributed by atoms with Crippen LogP contribution in [-0.2, 0) is 6.42 Å². The summed E-state index contributed by atoms with van der Waals surface area (Å²) in [5, 5.41) is 3.12. The predicted molar refractivity (Wildman–Crippen MR) is 149 cm³/mol. The summed E-state index contributed by atoms with van der Waals surface area (Å²) in [6.45, 7) is 16.5. The first-order chi connectivity index (χ1) is 17.4. The maximum absolute atomic E-state index is 13.1. The lowest BCUT2D eigenvalue weighted by molar-refractivity contribution is 0.0946. The van der Waals surface area contributed by atoms with Crippen LogP contribution in [0.3, 0.4) is 0 Å². The molecule has 1 aromatic heterocycles. The highest BCUT2D eigenvalue weighted by Gasteiger charge is 2.21. The van der Waals surface area contributed by atoms with Crippen LogP contribution in [0.15, 0.2) is 42.5 Å². The molecule has 36 heavy (non-hydrogen) atoms. The Bertz CT molecular complexity index is 1190. The molecule has 0 bridgehead atoms. The molecule has 1 aliphatic rings. The number of carbonyl (C=O) groups excluding carboxylic acids is 1. The predicted octanol–water partition coefficient (Wildman–Crippen LogP) is 5.00. The summed E-state index contributed by atoms with van der Waals surface area (Å²) in [4.78, 5) is 22.8. The van der Waals surface area contributed by atoms with Crippen molar-refractivity contribution in [3.8, 4) is 5.69 Å². The van der Waals surface area contributed by atoms with Gasteiger partial charge in [-0.05, 0) is 75.9 Å². The van der Waals surface area contributed by atoms with Crippen molar-refractivity contribution in [2.75, 3.05) is 44.2 Å². The first-order valence-corrected chi connectivity index (χ1v) is 13.4. The maximum Gasteiger partial charge on any atom is 0.271 e. The fraction of sp³-hybridized carbons (Fsp3) is 0.467. The van der Waals surface area contributed by atoms with Crippen LogP contribution in [-0.4, -0.2) is 59.6 Å². The molecule has 1 saturated heterocycles. The molecular formula is C30H41N5O. The molecule has 1 amide bonds. The van der Waals surface area contributed by atoms with Gasteiger partial charge in [-0.1, -0.05) is 37.3 Å². The lowest BCUT2D eigenvalue weighted by atomic mass is 10.1. The Labute approximate surface area is 216 Å². The summed E-state index contributed by atoms with van der Waals surface area (Å²) >= 11 is 0. The smallest absolute Gasteiger partial charge is 0.271 e. The molecule has 1 aliphatic heterocycles. The SMILES string of the molecule is CCCc1nc(C(=O)NCCCN2CCN(c3cccc(C)c3C)CC2)c(C)n1-c1ccccc1C. The number of rotatable bonds is 9. The molecule has 1 fully saturated rings. The van der Waals surface area contributed by atoms with Gasteiger partial charge < -0.3 is 10.2 Å². The van der Waals surface area contributed by atoms with Gasteiger partial charge in [-0.3, -0.25) is 14.3 Å². The van der Waals surface area contributed by atoms with Gasteiger partial charge in [0.15, 0.2) is 0 Å². The standard InChI is InChI=1S/C30H41N5O/c1-6-11-28-32-29(25(5)35(28)26-14-8-7-12-23(26)3)30(36)31-16-10-17-33-18-20-34(21-19-33)27-15-9-13-22(2)24(27)4/h7-9,12-15H,6,10-11,16-21H2,1-5H3,(H,31,36). The number of nitrogens with one attached hydrogen (secondary N) is 1. The van der Waals surface area contributed by atoms with Crippen molar-refractivity contribution in [1.29, 1.82) is 0 Å². The molecule has 4 rings (SSSR count). The summed E-state index contributed by atoms with van der Waals surface area (Å²) in [6.07, 6.45) is 2.77. The number of piperazine rings is 1. The van der Waals surface area contributed by atoms with Crippen LogP contribution in [0.4, 0.5) is 5.69 Å². The van der Waals surface area contributed by atoms with Crippen molar-refractivity contribution < 1.29 is 4.79 Å². The summed E-state index contributed by atoms with van der Waals surface area (Å²) in [7, 11) is 0. The lowest BCUT2D eigenvalue weighted by Crippen LogP contribution is -2.47. The topological polar surface area (TPSA) is 53.4 Å². The van der Waals surface area contributed by atoms with Gasteiger partial charge in [-0.2, -0.15) is 0 Å². The number of hydrogen-bond acceptors (Lipinski definition) is 4. The zero-order valence-electron chi connectivity index (χ0n) is 22.6. The first kappa shape index (κ1) is 26.0. The molecule has 0 saturated carbocycles. The minimum Gasteiger partial charge on any atom is -0.369 e. The van der Waals surface area contributed by atoms with Crippen molar-refractivity contribution in [2.24, 2.45) is 0 Å². The lowest BCUT2D eigenvalue weighted by Gasteiger charge is -2.37. The Hall–Kier alpha value is -3.12. The molecule has 0 atom stereocenters.